The van der Waals surface area contributed by atoms with E-state index in [4.69, 9.17) is 9.16 Å². The molecule has 0 radical (unpaired) electrons. The summed E-state index contributed by atoms with van der Waals surface area (Å²) in [4.78, 5) is 0. The predicted molar refractivity (Wildman–Crippen MR) is 103 cm³/mol. The first-order valence-electron chi connectivity index (χ1n) is 7.65. The van der Waals surface area contributed by atoms with E-state index in [9.17, 15) is 0 Å². The van der Waals surface area contributed by atoms with E-state index < -0.39 is 8.32 Å². The highest BCUT2D eigenvalue weighted by Gasteiger charge is 2.43. The van der Waals surface area contributed by atoms with E-state index in [0.29, 0.717) is 0 Å². The fourth-order valence-corrected chi connectivity index (χ4v) is 3.62. The lowest BCUT2D eigenvalue weighted by Gasteiger charge is -2.44. The highest BCUT2D eigenvalue weighted by Crippen LogP contribution is 2.40. The first-order valence-corrected chi connectivity index (χ1v) is 12.1. The van der Waals surface area contributed by atoms with Gasteiger partial charge in [0.15, 0.2) is 8.32 Å². The second-order valence-corrected chi connectivity index (χ2v) is 14.9. The van der Waals surface area contributed by atoms with E-state index in [-0.39, 0.29) is 16.7 Å². The molecule has 0 aromatic heterocycles. The maximum atomic E-state index is 6.64. The van der Waals surface area contributed by atoms with Crippen LogP contribution < -0.4 is 0 Å². The number of ether oxygens (including phenoxy) is 1. The molecule has 0 saturated carbocycles. The van der Waals surface area contributed by atoms with Crippen LogP contribution in [-0.4, -0.2) is 27.1 Å². The van der Waals surface area contributed by atoms with Gasteiger partial charge in [-0.25, -0.2) is 0 Å². The molecule has 21 heavy (non-hydrogen) atoms. The SMILES string of the molecule is CCCCC(C)(OC)C(C=C(Br)Br)O[Si](C)(C)C(C)(C)C. The molecule has 5 heteroatoms. The van der Waals surface area contributed by atoms with Crippen molar-refractivity contribution in [3.05, 3.63) is 9.47 Å². The molecule has 0 aliphatic heterocycles. The quantitative estimate of drug-likeness (QED) is 0.393. The molecule has 0 N–H and O–H groups in total. The summed E-state index contributed by atoms with van der Waals surface area (Å²) in [7, 11) is -0.0810. The largest absolute Gasteiger partial charge is 0.408 e. The Kier molecular flexibility index (Phi) is 8.97. The summed E-state index contributed by atoms with van der Waals surface area (Å²) >= 11 is 6.96. The lowest BCUT2D eigenvalue weighted by molar-refractivity contribution is -0.0710. The topological polar surface area (TPSA) is 18.5 Å². The fourth-order valence-electron chi connectivity index (χ4n) is 1.83. The van der Waals surface area contributed by atoms with Gasteiger partial charge in [-0.05, 0) is 69.4 Å². The fraction of sp³-hybridized carbons (Fsp3) is 0.875. The molecule has 2 unspecified atom stereocenters. The van der Waals surface area contributed by atoms with Gasteiger partial charge < -0.3 is 9.16 Å². The van der Waals surface area contributed by atoms with Crippen LogP contribution in [0.2, 0.25) is 18.1 Å². The number of halogens is 2. The van der Waals surface area contributed by atoms with E-state index in [2.05, 4.69) is 85.6 Å². The Labute approximate surface area is 149 Å². The molecule has 0 rings (SSSR count). The predicted octanol–water partition coefficient (Wildman–Crippen LogP) is 6.60. The zero-order valence-electron chi connectivity index (χ0n) is 14.8. The molecule has 0 aromatic carbocycles. The van der Waals surface area contributed by atoms with Crippen LogP contribution in [-0.2, 0) is 9.16 Å². The number of rotatable bonds is 8. The van der Waals surface area contributed by atoms with Crippen LogP contribution in [0.15, 0.2) is 9.47 Å². The third-order valence-corrected chi connectivity index (χ3v) is 9.58. The second kappa shape index (κ2) is 8.62. The molecule has 0 amide bonds. The number of unbranched alkanes of at least 4 members (excludes halogenated alkanes) is 1. The van der Waals surface area contributed by atoms with Gasteiger partial charge in [-0.1, -0.05) is 40.5 Å². The molecule has 0 spiro atoms. The van der Waals surface area contributed by atoms with Crippen molar-refractivity contribution in [3.63, 3.8) is 0 Å². The molecule has 0 bridgehead atoms. The van der Waals surface area contributed by atoms with E-state index in [1.807, 2.05) is 0 Å². The van der Waals surface area contributed by atoms with Crippen LogP contribution >= 0.6 is 31.9 Å². The Morgan fingerprint density at radius 2 is 1.71 bits per heavy atom. The van der Waals surface area contributed by atoms with Crippen molar-refractivity contribution in [2.75, 3.05) is 7.11 Å². The monoisotopic (exact) mass is 442 g/mol. The van der Waals surface area contributed by atoms with Gasteiger partial charge in [0.25, 0.3) is 0 Å². The van der Waals surface area contributed by atoms with Gasteiger partial charge in [0.05, 0.1) is 15.1 Å². The van der Waals surface area contributed by atoms with Gasteiger partial charge in [0.2, 0.25) is 0 Å². The van der Waals surface area contributed by atoms with E-state index in [0.717, 1.165) is 22.7 Å². The maximum Gasteiger partial charge on any atom is 0.193 e. The molecule has 0 heterocycles. The molecule has 2 atom stereocenters. The minimum atomic E-state index is -1.87. The van der Waals surface area contributed by atoms with E-state index in [1.165, 1.54) is 0 Å². The lowest BCUT2D eigenvalue weighted by atomic mass is 9.92. The molecule has 0 saturated heterocycles. The van der Waals surface area contributed by atoms with Crippen LogP contribution in [0, 0.1) is 0 Å². The smallest absolute Gasteiger partial charge is 0.193 e. The zero-order valence-corrected chi connectivity index (χ0v) is 19.0. The molecule has 126 valence electrons. The third kappa shape index (κ3) is 6.86. The summed E-state index contributed by atoms with van der Waals surface area (Å²) in [5, 5.41) is 0.178. The average molecular weight is 444 g/mol. The van der Waals surface area contributed by atoms with Crippen molar-refractivity contribution in [3.8, 4) is 0 Å². The highest BCUT2D eigenvalue weighted by atomic mass is 79.9. The van der Waals surface area contributed by atoms with Gasteiger partial charge in [-0.2, -0.15) is 0 Å². The summed E-state index contributed by atoms with van der Waals surface area (Å²) < 4.78 is 13.4. The zero-order chi connectivity index (χ0) is 16.9. The summed E-state index contributed by atoms with van der Waals surface area (Å²) in [5.74, 6) is 0. The summed E-state index contributed by atoms with van der Waals surface area (Å²) in [5.41, 5.74) is -0.307. The standard InChI is InChI=1S/C16H32Br2O2Si/c1-9-10-11-16(5,19-6)13(12-14(17)18)20-21(7,8)15(2,3)4/h12-13H,9-11H2,1-8H3. The Hall–Kier alpha value is 0.837. The molecule has 0 aliphatic carbocycles. The van der Waals surface area contributed by atoms with Crippen LogP contribution in [0.4, 0.5) is 0 Å². The molecular formula is C16H32Br2O2Si. The molecular weight excluding hydrogens is 412 g/mol. The molecule has 0 aromatic rings. The molecule has 0 fully saturated rings. The summed E-state index contributed by atoms with van der Waals surface area (Å²) in [6.45, 7) is 15.7. The van der Waals surface area contributed by atoms with Gasteiger partial charge in [-0.3, -0.25) is 0 Å². The minimum Gasteiger partial charge on any atom is -0.408 e. The maximum absolute atomic E-state index is 6.64. The highest BCUT2D eigenvalue weighted by molar-refractivity contribution is 9.28. The summed E-state index contributed by atoms with van der Waals surface area (Å²) in [6.07, 6.45) is 5.30. The Balaban J connectivity index is 5.43. The van der Waals surface area contributed by atoms with Crippen LogP contribution in [0.5, 0.6) is 0 Å². The van der Waals surface area contributed by atoms with Crippen LogP contribution in [0.1, 0.15) is 53.9 Å². The van der Waals surface area contributed by atoms with Gasteiger partial charge in [0, 0.05) is 7.11 Å². The van der Waals surface area contributed by atoms with E-state index in [1.54, 1.807) is 7.11 Å². The number of methoxy groups -OCH3 is 1. The first kappa shape index (κ1) is 21.8. The van der Waals surface area contributed by atoms with Crippen molar-refractivity contribution < 1.29 is 9.16 Å². The van der Waals surface area contributed by atoms with Crippen molar-refractivity contribution in [1.82, 2.24) is 0 Å². The van der Waals surface area contributed by atoms with Gasteiger partial charge in [0.1, 0.15) is 0 Å². The Morgan fingerprint density at radius 3 is 2.05 bits per heavy atom. The number of hydrogen-bond donors (Lipinski definition) is 0. The normalized spacial score (nSPS) is 17.2. The Morgan fingerprint density at radius 1 is 1.19 bits per heavy atom. The average Bonchev–Trinajstić information content (AvgIpc) is 2.33. The first-order chi connectivity index (χ1) is 9.39. The molecule has 0 aliphatic rings. The van der Waals surface area contributed by atoms with Gasteiger partial charge >= 0.3 is 0 Å². The number of hydrogen-bond acceptors (Lipinski definition) is 2. The van der Waals surface area contributed by atoms with Crippen molar-refractivity contribution in [2.45, 2.75) is 83.7 Å². The minimum absolute atomic E-state index is 0.0660. The Bertz CT molecular complexity index is 347. The van der Waals surface area contributed by atoms with Crippen LogP contribution in [0.3, 0.4) is 0 Å². The third-order valence-electron chi connectivity index (χ3n) is 4.60. The lowest BCUT2D eigenvalue weighted by Crippen LogP contribution is -2.51. The van der Waals surface area contributed by atoms with Crippen LogP contribution in [0.25, 0.3) is 0 Å². The van der Waals surface area contributed by atoms with Crippen molar-refractivity contribution in [2.24, 2.45) is 0 Å². The molecule has 2 nitrogen and oxygen atoms in total. The second-order valence-electron chi connectivity index (χ2n) is 7.38. The summed E-state index contributed by atoms with van der Waals surface area (Å²) in [6, 6.07) is 0. The van der Waals surface area contributed by atoms with Gasteiger partial charge in [-0.15, -0.1) is 0 Å². The van der Waals surface area contributed by atoms with Crippen molar-refractivity contribution >= 4 is 40.2 Å². The van der Waals surface area contributed by atoms with E-state index >= 15 is 0 Å². The van der Waals surface area contributed by atoms with Crippen molar-refractivity contribution in [1.29, 1.82) is 0 Å².